The summed E-state index contributed by atoms with van der Waals surface area (Å²) >= 11 is 6.40. The van der Waals surface area contributed by atoms with Crippen molar-refractivity contribution < 1.29 is 12.8 Å². The molecule has 140 valence electrons. The van der Waals surface area contributed by atoms with E-state index in [0.717, 1.165) is 46.9 Å². The van der Waals surface area contributed by atoms with Gasteiger partial charge in [0.15, 0.2) is 5.58 Å². The highest BCUT2D eigenvalue weighted by atomic mass is 35.5. The Balaban J connectivity index is 1.91. The fraction of sp³-hybridized carbons (Fsp3) is 0.250. The van der Waals surface area contributed by atoms with Crippen LogP contribution in [0.25, 0.3) is 21.9 Å². The number of aromatic amines is 1. The average Bonchev–Trinajstić information content (AvgIpc) is 3.25. The van der Waals surface area contributed by atoms with E-state index in [1.54, 1.807) is 30.5 Å². The molecule has 4 rings (SSSR count). The van der Waals surface area contributed by atoms with E-state index in [0.29, 0.717) is 10.6 Å². The van der Waals surface area contributed by atoms with Crippen molar-refractivity contribution in [3.8, 4) is 0 Å². The highest BCUT2D eigenvalue weighted by Gasteiger charge is 2.23. The zero-order chi connectivity index (χ0) is 19.2. The van der Waals surface area contributed by atoms with E-state index in [9.17, 15) is 8.42 Å². The summed E-state index contributed by atoms with van der Waals surface area (Å²) in [5.41, 5.74) is 2.37. The lowest BCUT2D eigenvalue weighted by Gasteiger charge is -2.06. The number of rotatable bonds is 5. The molecule has 0 saturated heterocycles. The third-order valence-corrected chi connectivity index (χ3v) is 6.78. The molecule has 0 saturated carbocycles. The van der Waals surface area contributed by atoms with E-state index in [4.69, 9.17) is 16.0 Å². The topological polar surface area (TPSA) is 76.0 Å². The zero-order valence-electron chi connectivity index (χ0n) is 15.0. The molecule has 0 radical (unpaired) electrons. The summed E-state index contributed by atoms with van der Waals surface area (Å²) in [6.07, 6.45) is 4.10. The Hall–Kier alpha value is -2.31. The van der Waals surface area contributed by atoms with Crippen LogP contribution in [-0.4, -0.2) is 18.6 Å². The maximum atomic E-state index is 13.2. The van der Waals surface area contributed by atoms with E-state index in [2.05, 4.69) is 17.1 Å². The lowest BCUT2D eigenvalue weighted by molar-refractivity contribution is 0.538. The van der Waals surface area contributed by atoms with Crippen LogP contribution >= 0.6 is 11.6 Å². The van der Waals surface area contributed by atoms with Crippen molar-refractivity contribution in [1.29, 1.82) is 0 Å². The van der Waals surface area contributed by atoms with E-state index < -0.39 is 9.84 Å². The van der Waals surface area contributed by atoms with Crippen LogP contribution in [0.3, 0.4) is 0 Å². The van der Waals surface area contributed by atoms with Gasteiger partial charge < -0.3 is 4.42 Å². The Morgan fingerprint density at radius 3 is 2.70 bits per heavy atom. The summed E-state index contributed by atoms with van der Waals surface area (Å²) in [7, 11) is -3.72. The van der Waals surface area contributed by atoms with Crippen LogP contribution in [0.5, 0.6) is 0 Å². The van der Waals surface area contributed by atoms with Crippen molar-refractivity contribution in [2.75, 3.05) is 0 Å². The van der Waals surface area contributed by atoms with Crippen molar-refractivity contribution in [3.63, 3.8) is 0 Å². The van der Waals surface area contributed by atoms with Crippen LogP contribution < -0.4 is 0 Å². The van der Waals surface area contributed by atoms with Crippen LogP contribution in [-0.2, 0) is 22.7 Å². The summed E-state index contributed by atoms with van der Waals surface area (Å²) in [6.45, 7) is 4.11. The fourth-order valence-electron chi connectivity index (χ4n) is 3.43. The first-order valence-electron chi connectivity index (χ1n) is 8.87. The Bertz CT molecular complexity index is 1260. The van der Waals surface area contributed by atoms with Gasteiger partial charge in [0.1, 0.15) is 5.76 Å². The predicted molar refractivity (Wildman–Crippen MR) is 106 cm³/mol. The van der Waals surface area contributed by atoms with Crippen LogP contribution in [0, 0.1) is 0 Å². The quantitative estimate of drug-likeness (QED) is 0.490. The molecule has 0 aliphatic heterocycles. The first-order chi connectivity index (χ1) is 13.0. The third kappa shape index (κ3) is 2.93. The predicted octanol–water partition coefficient (Wildman–Crippen LogP) is 5.31. The number of H-pyrrole nitrogens is 1. The van der Waals surface area contributed by atoms with Crippen LogP contribution in [0.15, 0.2) is 50.7 Å². The molecule has 0 atom stereocenters. The minimum Gasteiger partial charge on any atom is -0.459 e. The van der Waals surface area contributed by atoms with E-state index >= 15 is 0 Å². The van der Waals surface area contributed by atoms with Gasteiger partial charge in [0.05, 0.1) is 26.5 Å². The number of hydrogen-bond acceptors (Lipinski definition) is 4. The Labute approximate surface area is 162 Å². The maximum absolute atomic E-state index is 13.2. The monoisotopic (exact) mass is 402 g/mol. The van der Waals surface area contributed by atoms with Crippen molar-refractivity contribution in [3.05, 3.63) is 52.9 Å². The molecule has 2 aromatic heterocycles. The smallest absolute Gasteiger partial charge is 0.206 e. The lowest BCUT2D eigenvalue weighted by atomic mass is 10.1. The molecule has 1 N–H and O–H groups in total. The molecule has 0 aliphatic rings. The molecule has 0 aliphatic carbocycles. The second kappa shape index (κ2) is 6.69. The average molecular weight is 403 g/mol. The Morgan fingerprint density at radius 1 is 1.15 bits per heavy atom. The first-order valence-corrected chi connectivity index (χ1v) is 10.7. The minimum absolute atomic E-state index is 0.168. The van der Waals surface area contributed by atoms with E-state index in [-0.39, 0.29) is 9.79 Å². The SMILES string of the molecule is CCCc1oc2c(Cl)cc(S(=O)(=O)c3ccc4[nH]ncc4c3)cc2c1CC. The molecule has 7 heteroatoms. The highest BCUT2D eigenvalue weighted by Crippen LogP contribution is 2.36. The Morgan fingerprint density at radius 2 is 1.96 bits per heavy atom. The van der Waals surface area contributed by atoms with Gasteiger partial charge in [-0.1, -0.05) is 25.4 Å². The van der Waals surface area contributed by atoms with Gasteiger partial charge in [0.25, 0.3) is 0 Å². The van der Waals surface area contributed by atoms with E-state index in [1.165, 1.54) is 6.07 Å². The highest BCUT2D eigenvalue weighted by molar-refractivity contribution is 7.91. The molecule has 0 spiro atoms. The molecule has 2 aromatic carbocycles. The summed E-state index contributed by atoms with van der Waals surface area (Å²) < 4.78 is 32.4. The summed E-state index contributed by atoms with van der Waals surface area (Å²) in [5.74, 6) is 0.881. The standard InChI is InChI=1S/C20H19ClN2O3S/c1-3-5-19-15(4-2)16-9-14(10-17(21)20(16)26-19)27(24,25)13-6-7-18-12(8-13)11-22-23-18/h6-11H,3-5H2,1-2H3,(H,22,23). The number of nitrogens with one attached hydrogen (secondary N) is 1. The first kappa shape index (κ1) is 18.1. The summed E-state index contributed by atoms with van der Waals surface area (Å²) in [4.78, 5) is 0.378. The lowest BCUT2D eigenvalue weighted by Crippen LogP contribution is -2.02. The molecular weight excluding hydrogens is 384 g/mol. The summed E-state index contributed by atoms with van der Waals surface area (Å²) in [6, 6.07) is 8.05. The number of aromatic nitrogens is 2. The van der Waals surface area contributed by atoms with Crippen LogP contribution in [0.4, 0.5) is 0 Å². The molecule has 5 nitrogen and oxygen atoms in total. The number of hydrogen-bond donors (Lipinski definition) is 1. The van der Waals surface area contributed by atoms with Gasteiger partial charge in [0.2, 0.25) is 9.84 Å². The van der Waals surface area contributed by atoms with Gasteiger partial charge in [-0.25, -0.2) is 8.42 Å². The molecular formula is C20H19ClN2O3S. The zero-order valence-corrected chi connectivity index (χ0v) is 16.6. The largest absolute Gasteiger partial charge is 0.459 e. The Kier molecular flexibility index (Phi) is 4.48. The van der Waals surface area contributed by atoms with Gasteiger partial charge in [-0.3, -0.25) is 5.10 Å². The second-order valence-corrected chi connectivity index (χ2v) is 8.87. The van der Waals surface area contributed by atoms with Gasteiger partial charge in [-0.2, -0.15) is 5.10 Å². The van der Waals surface area contributed by atoms with Crippen LogP contribution in [0.2, 0.25) is 5.02 Å². The van der Waals surface area contributed by atoms with Gasteiger partial charge >= 0.3 is 0 Å². The van der Waals surface area contributed by atoms with Gasteiger partial charge in [-0.15, -0.1) is 0 Å². The fourth-order valence-corrected chi connectivity index (χ4v) is 5.10. The molecule has 27 heavy (non-hydrogen) atoms. The third-order valence-electron chi connectivity index (χ3n) is 4.77. The number of halogens is 1. The molecule has 0 amide bonds. The van der Waals surface area contributed by atoms with Crippen molar-refractivity contribution in [2.24, 2.45) is 0 Å². The normalized spacial score (nSPS) is 12.3. The van der Waals surface area contributed by atoms with Gasteiger partial charge in [0, 0.05) is 22.8 Å². The van der Waals surface area contributed by atoms with Crippen molar-refractivity contribution >= 4 is 43.3 Å². The number of nitrogens with zero attached hydrogens (tertiary/aromatic N) is 1. The van der Waals surface area contributed by atoms with Crippen molar-refractivity contribution in [2.45, 2.75) is 42.9 Å². The van der Waals surface area contributed by atoms with Gasteiger partial charge in [-0.05, 0) is 43.2 Å². The molecule has 2 heterocycles. The summed E-state index contributed by atoms with van der Waals surface area (Å²) in [5, 5.41) is 8.59. The van der Waals surface area contributed by atoms with E-state index in [1.807, 2.05) is 6.92 Å². The van der Waals surface area contributed by atoms with Crippen molar-refractivity contribution in [1.82, 2.24) is 10.2 Å². The maximum Gasteiger partial charge on any atom is 0.206 e. The molecule has 0 unspecified atom stereocenters. The molecule has 4 aromatic rings. The number of sulfone groups is 1. The number of benzene rings is 2. The van der Waals surface area contributed by atoms with Crippen LogP contribution in [0.1, 0.15) is 31.6 Å². The number of aryl methyl sites for hydroxylation is 2. The second-order valence-electron chi connectivity index (χ2n) is 6.51. The number of fused-ring (bicyclic) bond motifs is 2. The minimum atomic E-state index is -3.72. The molecule has 0 bridgehead atoms. The number of furan rings is 1. The molecule has 0 fully saturated rings.